The van der Waals surface area contributed by atoms with Gasteiger partial charge in [0, 0.05) is 22.0 Å². The standard InChI is InChI=1S/C20H14Cl2N2O2/c21-15-7-3-13(4-8-15)18-12-17(19-2-1-11-26-19)23-24(18)20(25)14-5-9-16(22)10-6-14/h1-11,18H,12H2/t18-/m1/s1. The van der Waals surface area contributed by atoms with Gasteiger partial charge in [-0.1, -0.05) is 35.3 Å². The zero-order valence-corrected chi connectivity index (χ0v) is 15.1. The number of hydrogen-bond donors (Lipinski definition) is 0. The molecule has 1 aliphatic heterocycles. The maximum Gasteiger partial charge on any atom is 0.274 e. The number of hydrazone groups is 1. The van der Waals surface area contributed by atoms with E-state index in [9.17, 15) is 4.79 Å². The molecule has 4 nitrogen and oxygen atoms in total. The van der Waals surface area contributed by atoms with Gasteiger partial charge in [-0.25, -0.2) is 5.01 Å². The van der Waals surface area contributed by atoms with Crippen molar-refractivity contribution in [2.45, 2.75) is 12.5 Å². The Morgan fingerprint density at radius 2 is 1.65 bits per heavy atom. The van der Waals surface area contributed by atoms with Gasteiger partial charge in [0.2, 0.25) is 0 Å². The Labute approximate surface area is 160 Å². The van der Waals surface area contributed by atoms with Crippen LogP contribution in [0.4, 0.5) is 0 Å². The van der Waals surface area contributed by atoms with Gasteiger partial charge in [0.15, 0.2) is 0 Å². The Kier molecular flexibility index (Phi) is 4.53. The zero-order chi connectivity index (χ0) is 18.1. The fourth-order valence-corrected chi connectivity index (χ4v) is 3.21. The highest BCUT2D eigenvalue weighted by molar-refractivity contribution is 6.30. The third kappa shape index (κ3) is 3.26. The monoisotopic (exact) mass is 384 g/mol. The number of nitrogens with zero attached hydrogens (tertiary/aromatic N) is 2. The van der Waals surface area contributed by atoms with Crippen molar-refractivity contribution in [3.05, 3.63) is 93.9 Å². The van der Waals surface area contributed by atoms with E-state index in [0.29, 0.717) is 27.8 Å². The van der Waals surface area contributed by atoms with E-state index < -0.39 is 0 Å². The number of amides is 1. The van der Waals surface area contributed by atoms with Gasteiger partial charge in [-0.05, 0) is 54.1 Å². The van der Waals surface area contributed by atoms with E-state index in [-0.39, 0.29) is 11.9 Å². The molecule has 0 N–H and O–H groups in total. The fraction of sp³-hybridized carbons (Fsp3) is 0.100. The Morgan fingerprint density at radius 3 is 2.27 bits per heavy atom. The van der Waals surface area contributed by atoms with Crippen LogP contribution in [0.25, 0.3) is 0 Å². The molecule has 1 amide bonds. The van der Waals surface area contributed by atoms with E-state index in [4.69, 9.17) is 27.6 Å². The van der Waals surface area contributed by atoms with Gasteiger partial charge in [0.05, 0.1) is 12.3 Å². The summed E-state index contributed by atoms with van der Waals surface area (Å²) in [6.45, 7) is 0. The number of hydrogen-bond acceptors (Lipinski definition) is 3. The summed E-state index contributed by atoms with van der Waals surface area (Å²) < 4.78 is 5.46. The molecule has 2 heterocycles. The van der Waals surface area contributed by atoms with Crippen molar-refractivity contribution < 1.29 is 9.21 Å². The molecule has 26 heavy (non-hydrogen) atoms. The van der Waals surface area contributed by atoms with Crippen molar-refractivity contribution in [2.24, 2.45) is 5.10 Å². The molecule has 2 aromatic carbocycles. The van der Waals surface area contributed by atoms with Gasteiger partial charge < -0.3 is 4.42 Å². The van der Waals surface area contributed by atoms with E-state index in [0.717, 1.165) is 11.3 Å². The zero-order valence-electron chi connectivity index (χ0n) is 13.6. The smallest absolute Gasteiger partial charge is 0.274 e. The van der Waals surface area contributed by atoms with E-state index in [1.54, 1.807) is 36.6 Å². The molecule has 0 saturated carbocycles. The number of benzene rings is 2. The van der Waals surface area contributed by atoms with E-state index in [1.807, 2.05) is 30.3 Å². The lowest BCUT2D eigenvalue weighted by Gasteiger charge is -2.22. The van der Waals surface area contributed by atoms with Crippen molar-refractivity contribution in [3.8, 4) is 0 Å². The van der Waals surface area contributed by atoms with Crippen LogP contribution in [-0.4, -0.2) is 16.6 Å². The predicted octanol–water partition coefficient (Wildman–Crippen LogP) is 5.58. The van der Waals surface area contributed by atoms with Crippen LogP contribution in [0.3, 0.4) is 0 Å². The molecule has 0 bridgehead atoms. The molecule has 4 rings (SSSR count). The molecule has 130 valence electrons. The first-order valence-corrected chi connectivity index (χ1v) is 8.83. The van der Waals surface area contributed by atoms with Gasteiger partial charge in [0.25, 0.3) is 5.91 Å². The molecule has 3 aromatic rings. The Balaban J connectivity index is 1.71. The van der Waals surface area contributed by atoms with Crippen molar-refractivity contribution in [2.75, 3.05) is 0 Å². The second kappa shape index (κ2) is 6.98. The van der Waals surface area contributed by atoms with Crippen LogP contribution in [0.5, 0.6) is 0 Å². The van der Waals surface area contributed by atoms with Crippen LogP contribution in [0, 0.1) is 0 Å². The molecule has 0 unspecified atom stereocenters. The molecule has 0 aliphatic carbocycles. The quantitative estimate of drug-likeness (QED) is 0.591. The fourth-order valence-electron chi connectivity index (χ4n) is 2.96. The van der Waals surface area contributed by atoms with Gasteiger partial charge in [0.1, 0.15) is 11.5 Å². The molecule has 0 spiro atoms. The lowest BCUT2D eigenvalue weighted by atomic mass is 10.0. The highest BCUT2D eigenvalue weighted by Gasteiger charge is 2.34. The second-order valence-electron chi connectivity index (χ2n) is 5.95. The molecular weight excluding hydrogens is 371 g/mol. The largest absolute Gasteiger partial charge is 0.463 e. The van der Waals surface area contributed by atoms with Crippen molar-refractivity contribution >= 4 is 34.8 Å². The summed E-state index contributed by atoms with van der Waals surface area (Å²) in [5, 5.41) is 7.28. The lowest BCUT2D eigenvalue weighted by molar-refractivity contribution is 0.0711. The number of carbonyl (C=O) groups excluding carboxylic acids is 1. The van der Waals surface area contributed by atoms with Crippen molar-refractivity contribution in [1.29, 1.82) is 0 Å². The summed E-state index contributed by atoms with van der Waals surface area (Å²) >= 11 is 11.9. The third-order valence-corrected chi connectivity index (χ3v) is 4.77. The molecule has 1 aliphatic rings. The van der Waals surface area contributed by atoms with Crippen LogP contribution in [0.1, 0.15) is 34.1 Å². The van der Waals surface area contributed by atoms with E-state index >= 15 is 0 Å². The summed E-state index contributed by atoms with van der Waals surface area (Å²) in [6, 6.07) is 17.7. The predicted molar refractivity (Wildman–Crippen MR) is 102 cm³/mol. The lowest BCUT2D eigenvalue weighted by Crippen LogP contribution is -2.27. The molecule has 0 saturated heterocycles. The molecule has 0 radical (unpaired) electrons. The minimum Gasteiger partial charge on any atom is -0.463 e. The maximum absolute atomic E-state index is 13.0. The maximum atomic E-state index is 13.0. The number of halogens is 2. The third-order valence-electron chi connectivity index (χ3n) is 4.27. The SMILES string of the molecule is O=C(c1ccc(Cl)cc1)N1N=C(c2ccco2)C[C@@H]1c1ccc(Cl)cc1. The van der Waals surface area contributed by atoms with Crippen LogP contribution in [0.2, 0.25) is 10.0 Å². The van der Waals surface area contributed by atoms with Crippen LogP contribution >= 0.6 is 23.2 Å². The number of rotatable bonds is 3. The highest BCUT2D eigenvalue weighted by Crippen LogP contribution is 2.34. The minimum atomic E-state index is -0.226. The summed E-state index contributed by atoms with van der Waals surface area (Å²) in [5.74, 6) is 0.471. The van der Waals surface area contributed by atoms with Crippen molar-refractivity contribution in [3.63, 3.8) is 0 Å². The molecule has 6 heteroatoms. The van der Waals surface area contributed by atoms with Gasteiger partial charge in [-0.15, -0.1) is 0 Å². The average Bonchev–Trinajstić information content (AvgIpc) is 3.32. The molecular formula is C20H14Cl2N2O2. The molecule has 1 atom stereocenters. The number of furan rings is 1. The van der Waals surface area contributed by atoms with Crippen molar-refractivity contribution in [1.82, 2.24) is 5.01 Å². The van der Waals surface area contributed by atoms with E-state index in [1.165, 1.54) is 5.01 Å². The van der Waals surface area contributed by atoms with Crippen LogP contribution in [-0.2, 0) is 0 Å². The first kappa shape index (κ1) is 16.9. The summed E-state index contributed by atoms with van der Waals surface area (Å²) in [5.41, 5.74) is 2.22. The minimum absolute atomic E-state index is 0.192. The van der Waals surface area contributed by atoms with Gasteiger partial charge in [-0.3, -0.25) is 4.79 Å². The van der Waals surface area contributed by atoms with Crippen LogP contribution < -0.4 is 0 Å². The Bertz CT molecular complexity index is 948. The van der Waals surface area contributed by atoms with Gasteiger partial charge >= 0.3 is 0 Å². The summed E-state index contributed by atoms with van der Waals surface area (Å²) in [6.07, 6.45) is 2.16. The average molecular weight is 385 g/mol. The normalized spacial score (nSPS) is 16.6. The summed E-state index contributed by atoms with van der Waals surface area (Å²) in [4.78, 5) is 13.0. The second-order valence-corrected chi connectivity index (χ2v) is 6.82. The Hall–Kier alpha value is -2.56. The number of carbonyl (C=O) groups is 1. The van der Waals surface area contributed by atoms with E-state index in [2.05, 4.69) is 5.10 Å². The Morgan fingerprint density at radius 1 is 1.00 bits per heavy atom. The summed E-state index contributed by atoms with van der Waals surface area (Å²) in [7, 11) is 0. The van der Waals surface area contributed by atoms with Crippen LogP contribution in [0.15, 0.2) is 76.4 Å². The first-order valence-electron chi connectivity index (χ1n) is 8.08. The topological polar surface area (TPSA) is 45.8 Å². The highest BCUT2D eigenvalue weighted by atomic mass is 35.5. The molecule has 0 fully saturated rings. The first-order chi connectivity index (χ1) is 12.6. The molecule has 1 aromatic heterocycles. The van der Waals surface area contributed by atoms with Gasteiger partial charge in [-0.2, -0.15) is 5.10 Å².